The van der Waals surface area contributed by atoms with Gasteiger partial charge in [-0.05, 0) is 46.8 Å². The standard InChI is InChI=1S/C44H26N4/c1-2-11-27(12-3-1)28-21-23-29(24-22-28)42-34-15-4-7-17-35(34)45-44(46-42)48-38-20-10-16-32-30-13-5-8-18-36(30)47-37-19-9-6-14-31(37)33-25-26-39(48)41(40(32)38)43(33)47/h1-26H. The fraction of sp³-hybridized carbons (Fsp3) is 0. The molecule has 11 rings (SSSR count). The van der Waals surface area contributed by atoms with Gasteiger partial charge in [0.25, 0.3) is 0 Å². The average Bonchev–Trinajstić information content (AvgIpc) is 3.63. The molecule has 4 heteroatoms. The topological polar surface area (TPSA) is 35.1 Å². The van der Waals surface area contributed by atoms with E-state index in [-0.39, 0.29) is 0 Å². The van der Waals surface area contributed by atoms with Crippen molar-refractivity contribution in [2.24, 2.45) is 0 Å². The highest BCUT2D eigenvalue weighted by Gasteiger charge is 2.24. The van der Waals surface area contributed by atoms with Crippen LogP contribution in [0, 0.1) is 0 Å². The molecule has 4 nitrogen and oxygen atoms in total. The third kappa shape index (κ3) is 3.38. The highest BCUT2D eigenvalue weighted by molar-refractivity contribution is 6.33. The summed E-state index contributed by atoms with van der Waals surface area (Å²) < 4.78 is 4.74. The lowest BCUT2D eigenvalue weighted by molar-refractivity contribution is 1.01. The van der Waals surface area contributed by atoms with E-state index in [1.807, 2.05) is 0 Å². The van der Waals surface area contributed by atoms with E-state index in [0.29, 0.717) is 5.95 Å². The van der Waals surface area contributed by atoms with Crippen molar-refractivity contribution in [1.29, 1.82) is 0 Å². The Morgan fingerprint density at radius 3 is 1.73 bits per heavy atom. The van der Waals surface area contributed by atoms with Crippen molar-refractivity contribution < 1.29 is 0 Å². The molecule has 0 aliphatic rings. The lowest BCUT2D eigenvalue weighted by Crippen LogP contribution is -2.03. The molecule has 4 heterocycles. The molecular formula is C44H26N4. The van der Waals surface area contributed by atoms with E-state index in [1.165, 1.54) is 60.0 Å². The van der Waals surface area contributed by atoms with Crippen LogP contribution in [0.4, 0.5) is 0 Å². The molecule has 0 spiro atoms. The second kappa shape index (κ2) is 9.50. The van der Waals surface area contributed by atoms with Crippen LogP contribution in [0.15, 0.2) is 158 Å². The molecule has 0 fully saturated rings. The molecule has 0 saturated heterocycles. The molecule has 0 radical (unpaired) electrons. The van der Waals surface area contributed by atoms with Gasteiger partial charge in [0.05, 0.1) is 38.8 Å². The number of aromatic nitrogens is 4. The fourth-order valence-corrected chi connectivity index (χ4v) is 8.02. The first-order valence-electron chi connectivity index (χ1n) is 16.4. The molecule has 0 amide bonds. The molecule has 48 heavy (non-hydrogen) atoms. The van der Waals surface area contributed by atoms with Gasteiger partial charge in [-0.25, -0.2) is 9.97 Å². The van der Waals surface area contributed by atoms with Crippen LogP contribution in [-0.4, -0.2) is 18.9 Å². The van der Waals surface area contributed by atoms with Crippen molar-refractivity contribution in [3.05, 3.63) is 158 Å². The minimum atomic E-state index is 0.670. The molecule has 7 aromatic carbocycles. The Morgan fingerprint density at radius 1 is 0.354 bits per heavy atom. The minimum absolute atomic E-state index is 0.670. The number of nitrogens with zero attached hydrogens (tertiary/aromatic N) is 4. The zero-order chi connectivity index (χ0) is 31.3. The van der Waals surface area contributed by atoms with Crippen molar-refractivity contribution in [3.8, 4) is 28.3 Å². The molecule has 0 atom stereocenters. The van der Waals surface area contributed by atoms with Crippen molar-refractivity contribution in [2.75, 3.05) is 0 Å². The van der Waals surface area contributed by atoms with Crippen LogP contribution >= 0.6 is 0 Å². The van der Waals surface area contributed by atoms with Gasteiger partial charge in [0, 0.05) is 37.9 Å². The first-order chi connectivity index (χ1) is 23.8. The van der Waals surface area contributed by atoms with Gasteiger partial charge in [-0.3, -0.25) is 4.57 Å². The molecule has 11 aromatic rings. The van der Waals surface area contributed by atoms with Gasteiger partial charge in [-0.1, -0.05) is 127 Å². The van der Waals surface area contributed by atoms with Gasteiger partial charge in [0.2, 0.25) is 5.95 Å². The predicted molar refractivity (Wildman–Crippen MR) is 199 cm³/mol. The highest BCUT2D eigenvalue weighted by atomic mass is 15.2. The van der Waals surface area contributed by atoms with Crippen LogP contribution in [0.5, 0.6) is 0 Å². The highest BCUT2D eigenvalue weighted by Crippen LogP contribution is 2.45. The zero-order valence-electron chi connectivity index (χ0n) is 25.8. The van der Waals surface area contributed by atoms with Gasteiger partial charge >= 0.3 is 0 Å². The SMILES string of the molecule is c1ccc(-c2ccc(-c3nc(-n4c5cccc6c7ccccc7n7c8ccccc8c8ccc4c(c65)c87)nc4ccccc34)cc2)cc1. The summed E-state index contributed by atoms with van der Waals surface area (Å²) in [6.07, 6.45) is 0. The first kappa shape index (κ1) is 25.6. The van der Waals surface area contributed by atoms with Gasteiger partial charge in [0.1, 0.15) is 0 Å². The molecule has 0 N–H and O–H groups in total. The van der Waals surface area contributed by atoms with E-state index in [0.717, 1.165) is 33.2 Å². The number of benzene rings is 7. The summed E-state index contributed by atoms with van der Waals surface area (Å²) in [5.41, 5.74) is 11.1. The van der Waals surface area contributed by atoms with Crippen molar-refractivity contribution >= 4 is 70.8 Å². The summed E-state index contributed by atoms with van der Waals surface area (Å²) in [5, 5.41) is 8.46. The number of hydrogen-bond acceptors (Lipinski definition) is 2. The summed E-state index contributed by atoms with van der Waals surface area (Å²) in [6, 6.07) is 56.3. The summed E-state index contributed by atoms with van der Waals surface area (Å²) >= 11 is 0. The van der Waals surface area contributed by atoms with E-state index in [9.17, 15) is 0 Å². The van der Waals surface area contributed by atoms with Crippen LogP contribution in [0.25, 0.3) is 99.1 Å². The first-order valence-corrected chi connectivity index (χ1v) is 16.4. The second-order valence-electron chi connectivity index (χ2n) is 12.6. The number of fused-ring (bicyclic) bond motifs is 7. The lowest BCUT2D eigenvalue weighted by atomic mass is 10.0. The molecule has 0 aliphatic heterocycles. The zero-order valence-corrected chi connectivity index (χ0v) is 25.8. The van der Waals surface area contributed by atoms with E-state index >= 15 is 0 Å². The summed E-state index contributed by atoms with van der Waals surface area (Å²) in [7, 11) is 0. The maximum absolute atomic E-state index is 5.40. The molecule has 4 aromatic heterocycles. The van der Waals surface area contributed by atoms with Gasteiger partial charge in [-0.2, -0.15) is 0 Å². The number of para-hydroxylation sites is 3. The van der Waals surface area contributed by atoms with Crippen LogP contribution in [0.1, 0.15) is 0 Å². The van der Waals surface area contributed by atoms with Gasteiger partial charge in [-0.15, -0.1) is 0 Å². The maximum atomic E-state index is 5.40. The lowest BCUT2D eigenvalue weighted by Gasteiger charge is -2.12. The summed E-state index contributed by atoms with van der Waals surface area (Å²) in [5.74, 6) is 0.670. The maximum Gasteiger partial charge on any atom is 0.235 e. The van der Waals surface area contributed by atoms with Gasteiger partial charge < -0.3 is 4.40 Å². The third-order valence-electron chi connectivity index (χ3n) is 10.1. The second-order valence-corrected chi connectivity index (χ2v) is 12.6. The Morgan fingerprint density at radius 2 is 0.938 bits per heavy atom. The van der Waals surface area contributed by atoms with E-state index in [1.54, 1.807) is 0 Å². The van der Waals surface area contributed by atoms with Crippen LogP contribution in [-0.2, 0) is 0 Å². The quantitative estimate of drug-likeness (QED) is 0.199. The van der Waals surface area contributed by atoms with Crippen molar-refractivity contribution in [2.45, 2.75) is 0 Å². The van der Waals surface area contributed by atoms with E-state index < -0.39 is 0 Å². The average molecular weight is 611 g/mol. The van der Waals surface area contributed by atoms with Crippen LogP contribution in [0.2, 0.25) is 0 Å². The fourth-order valence-electron chi connectivity index (χ4n) is 8.02. The largest absolute Gasteiger partial charge is 0.308 e. The smallest absolute Gasteiger partial charge is 0.235 e. The molecule has 0 saturated carbocycles. The van der Waals surface area contributed by atoms with E-state index in [4.69, 9.17) is 9.97 Å². The number of rotatable bonds is 3. The summed E-state index contributed by atoms with van der Waals surface area (Å²) in [4.78, 5) is 10.7. The van der Waals surface area contributed by atoms with Crippen LogP contribution in [0.3, 0.4) is 0 Å². The molecule has 222 valence electrons. The van der Waals surface area contributed by atoms with Crippen LogP contribution < -0.4 is 0 Å². The monoisotopic (exact) mass is 610 g/mol. The normalized spacial score (nSPS) is 12.2. The van der Waals surface area contributed by atoms with Crippen molar-refractivity contribution in [1.82, 2.24) is 18.9 Å². The predicted octanol–water partition coefficient (Wildman–Crippen LogP) is 11.2. The Bertz CT molecular complexity index is 3040. The molecule has 0 aliphatic carbocycles. The Labute approximate surface area is 275 Å². The minimum Gasteiger partial charge on any atom is -0.308 e. The molecular weight excluding hydrogens is 585 g/mol. The molecule has 0 bridgehead atoms. The van der Waals surface area contributed by atoms with Crippen molar-refractivity contribution in [3.63, 3.8) is 0 Å². The van der Waals surface area contributed by atoms with E-state index in [2.05, 4.69) is 167 Å². The number of hydrogen-bond donors (Lipinski definition) is 0. The van der Waals surface area contributed by atoms with Gasteiger partial charge in [0.15, 0.2) is 0 Å². The Balaban J connectivity index is 1.27. The Kier molecular flexibility index (Phi) is 5.08. The molecule has 0 unspecified atom stereocenters. The Hall–Kier alpha value is -6.52. The third-order valence-corrected chi connectivity index (χ3v) is 10.1. The summed E-state index contributed by atoms with van der Waals surface area (Å²) in [6.45, 7) is 0.